The van der Waals surface area contributed by atoms with Crippen LogP contribution in [0.15, 0.2) is 0 Å². The zero-order valence-electron chi connectivity index (χ0n) is 11.1. The van der Waals surface area contributed by atoms with Crippen molar-refractivity contribution in [3.8, 4) is 0 Å². The third kappa shape index (κ3) is 4.07. The molecule has 0 aliphatic carbocycles. The average Bonchev–Trinajstić information content (AvgIpc) is 2.63. The van der Waals surface area contributed by atoms with Gasteiger partial charge in [-0.3, -0.25) is 9.59 Å². The monoisotopic (exact) mass is 300 g/mol. The van der Waals surface area contributed by atoms with Crippen molar-refractivity contribution >= 4 is 11.9 Å². The number of alkyl halides is 3. The predicted molar refractivity (Wildman–Crippen MR) is 57.4 cm³/mol. The van der Waals surface area contributed by atoms with E-state index in [1.165, 1.54) is 0 Å². The summed E-state index contributed by atoms with van der Waals surface area (Å²) in [6, 6.07) is 0. The number of halogens is 3. The Morgan fingerprint density at radius 1 is 1.20 bits per heavy atom. The molecule has 0 radical (unpaired) electrons. The molecule has 1 aliphatic heterocycles. The fourth-order valence-corrected chi connectivity index (χ4v) is 1.94. The first-order chi connectivity index (χ1) is 9.16. The number of carbonyl (C=O) groups is 2. The summed E-state index contributed by atoms with van der Waals surface area (Å²) >= 11 is 0. The highest BCUT2D eigenvalue weighted by Crippen LogP contribution is 2.41. The molecule has 6 nitrogen and oxygen atoms in total. The summed E-state index contributed by atoms with van der Waals surface area (Å²) in [6.45, 7) is 1.63. The van der Waals surface area contributed by atoms with Crippen molar-refractivity contribution in [1.29, 1.82) is 0 Å². The fraction of sp³-hybridized carbons (Fsp3) is 0.818. The first-order valence-electron chi connectivity index (χ1n) is 5.72. The van der Waals surface area contributed by atoms with Gasteiger partial charge < -0.3 is 18.9 Å². The number of hydrogen-bond donors (Lipinski definition) is 0. The lowest BCUT2D eigenvalue weighted by molar-refractivity contribution is -0.241. The Bertz CT molecular complexity index is 370. The van der Waals surface area contributed by atoms with Gasteiger partial charge in [-0.1, -0.05) is 0 Å². The number of esters is 2. The molecule has 116 valence electrons. The molecule has 0 amide bonds. The summed E-state index contributed by atoms with van der Waals surface area (Å²) in [6.07, 6.45) is -9.18. The van der Waals surface area contributed by atoms with E-state index in [4.69, 9.17) is 4.74 Å². The Kier molecular flexibility index (Phi) is 5.35. The molecule has 20 heavy (non-hydrogen) atoms. The zero-order chi connectivity index (χ0) is 15.5. The lowest BCUT2D eigenvalue weighted by atomic mass is 10.00. The second-order valence-corrected chi connectivity index (χ2v) is 4.22. The summed E-state index contributed by atoms with van der Waals surface area (Å²) in [5.41, 5.74) is 0. The molecule has 1 heterocycles. The molecule has 0 unspecified atom stereocenters. The minimum absolute atomic E-state index is 0.459. The average molecular weight is 300 g/mol. The van der Waals surface area contributed by atoms with E-state index < -0.39 is 49.1 Å². The van der Waals surface area contributed by atoms with Crippen molar-refractivity contribution in [1.82, 2.24) is 0 Å². The van der Waals surface area contributed by atoms with Crippen molar-refractivity contribution in [3.05, 3.63) is 0 Å². The van der Waals surface area contributed by atoms with Crippen LogP contribution in [0.1, 0.15) is 13.8 Å². The normalized spacial score (nSPS) is 30.1. The first kappa shape index (κ1) is 16.7. The van der Waals surface area contributed by atoms with Crippen molar-refractivity contribution in [2.24, 2.45) is 5.92 Å². The SMILES string of the molecule is CO[C@@H]1O[C@H](COC(C)=O)[C@@H](OC(C)=O)[C@@H]1C(F)(F)F. The van der Waals surface area contributed by atoms with E-state index in [-0.39, 0.29) is 0 Å². The maximum absolute atomic E-state index is 13.0. The largest absolute Gasteiger partial charge is 0.463 e. The molecule has 0 aromatic carbocycles. The van der Waals surface area contributed by atoms with Crippen LogP contribution in [-0.4, -0.2) is 50.3 Å². The molecule has 1 rings (SSSR count). The van der Waals surface area contributed by atoms with Gasteiger partial charge in [0.25, 0.3) is 0 Å². The number of hydrogen-bond acceptors (Lipinski definition) is 6. The molecule has 4 atom stereocenters. The van der Waals surface area contributed by atoms with E-state index in [1.54, 1.807) is 0 Å². The second-order valence-electron chi connectivity index (χ2n) is 4.22. The Morgan fingerprint density at radius 3 is 2.20 bits per heavy atom. The van der Waals surface area contributed by atoms with Gasteiger partial charge in [0.15, 0.2) is 6.29 Å². The van der Waals surface area contributed by atoms with Gasteiger partial charge in [-0.15, -0.1) is 0 Å². The van der Waals surface area contributed by atoms with Gasteiger partial charge >= 0.3 is 18.1 Å². The number of ether oxygens (including phenoxy) is 4. The van der Waals surface area contributed by atoms with Crippen molar-refractivity contribution in [2.75, 3.05) is 13.7 Å². The molecular weight excluding hydrogens is 285 g/mol. The van der Waals surface area contributed by atoms with Crippen LogP contribution in [0.5, 0.6) is 0 Å². The van der Waals surface area contributed by atoms with Crippen molar-refractivity contribution in [3.63, 3.8) is 0 Å². The molecular formula is C11H15F3O6. The Morgan fingerprint density at radius 2 is 1.80 bits per heavy atom. The van der Waals surface area contributed by atoms with Crippen LogP contribution in [0.25, 0.3) is 0 Å². The van der Waals surface area contributed by atoms with E-state index in [9.17, 15) is 22.8 Å². The number of rotatable bonds is 4. The first-order valence-corrected chi connectivity index (χ1v) is 5.72. The minimum atomic E-state index is -4.69. The molecule has 0 saturated carbocycles. The summed E-state index contributed by atoms with van der Waals surface area (Å²) in [5.74, 6) is -3.71. The van der Waals surface area contributed by atoms with E-state index in [0.29, 0.717) is 0 Å². The molecule has 1 aliphatic rings. The topological polar surface area (TPSA) is 71.1 Å². The summed E-state index contributed by atoms with van der Waals surface area (Å²) in [7, 11) is 1.04. The lowest BCUT2D eigenvalue weighted by Gasteiger charge is -2.24. The third-order valence-corrected chi connectivity index (χ3v) is 2.69. The van der Waals surface area contributed by atoms with Gasteiger partial charge in [0.1, 0.15) is 24.7 Å². The van der Waals surface area contributed by atoms with Crippen LogP contribution >= 0.6 is 0 Å². The molecule has 9 heteroatoms. The van der Waals surface area contributed by atoms with Crippen LogP contribution in [0.3, 0.4) is 0 Å². The minimum Gasteiger partial charge on any atom is -0.463 e. The van der Waals surface area contributed by atoms with Gasteiger partial charge in [0, 0.05) is 21.0 Å². The smallest absolute Gasteiger partial charge is 0.400 e. The predicted octanol–water partition coefficient (Wildman–Crippen LogP) is 1.03. The van der Waals surface area contributed by atoms with Crippen LogP contribution < -0.4 is 0 Å². The zero-order valence-corrected chi connectivity index (χ0v) is 11.1. The molecule has 0 N–H and O–H groups in total. The van der Waals surface area contributed by atoms with Crippen LogP contribution in [0.2, 0.25) is 0 Å². The molecule has 0 aromatic heterocycles. The van der Waals surface area contributed by atoms with Crippen LogP contribution in [0, 0.1) is 5.92 Å². The Labute approximate surface area is 113 Å². The highest BCUT2D eigenvalue weighted by Gasteiger charge is 2.60. The van der Waals surface area contributed by atoms with E-state index in [1.807, 2.05) is 0 Å². The number of carbonyl (C=O) groups excluding carboxylic acids is 2. The quantitative estimate of drug-likeness (QED) is 0.722. The van der Waals surface area contributed by atoms with E-state index >= 15 is 0 Å². The standard InChI is InChI=1S/C11H15F3O6/c1-5(15)18-4-7-9(19-6(2)16)8(11(12,13)14)10(17-3)20-7/h7-10H,4H2,1-3H3/t7-,8+,9-,10-/m1/s1. The van der Waals surface area contributed by atoms with E-state index in [2.05, 4.69) is 14.2 Å². The highest BCUT2D eigenvalue weighted by molar-refractivity contribution is 5.66. The van der Waals surface area contributed by atoms with Gasteiger partial charge in [-0.25, -0.2) is 0 Å². The summed E-state index contributed by atoms with van der Waals surface area (Å²) < 4.78 is 58.0. The van der Waals surface area contributed by atoms with Crippen LogP contribution in [0.4, 0.5) is 13.2 Å². The van der Waals surface area contributed by atoms with Crippen molar-refractivity contribution < 1.29 is 41.7 Å². The van der Waals surface area contributed by atoms with Gasteiger partial charge in [0.05, 0.1) is 0 Å². The van der Waals surface area contributed by atoms with E-state index in [0.717, 1.165) is 21.0 Å². The molecule has 0 aromatic rings. The third-order valence-electron chi connectivity index (χ3n) is 2.69. The molecule has 1 saturated heterocycles. The fourth-order valence-electron chi connectivity index (χ4n) is 1.94. The number of methoxy groups -OCH3 is 1. The summed E-state index contributed by atoms with van der Waals surface area (Å²) in [5, 5.41) is 0. The maximum atomic E-state index is 13.0. The molecule has 1 fully saturated rings. The highest BCUT2D eigenvalue weighted by atomic mass is 19.4. The Hall–Kier alpha value is -1.35. The lowest BCUT2D eigenvalue weighted by Crippen LogP contribution is -2.43. The van der Waals surface area contributed by atoms with Gasteiger partial charge in [0.2, 0.25) is 0 Å². The van der Waals surface area contributed by atoms with Crippen LogP contribution in [-0.2, 0) is 28.5 Å². The van der Waals surface area contributed by atoms with Gasteiger partial charge in [-0.05, 0) is 0 Å². The molecule has 0 bridgehead atoms. The Balaban J connectivity index is 2.93. The van der Waals surface area contributed by atoms with Gasteiger partial charge in [-0.2, -0.15) is 13.2 Å². The molecule has 0 spiro atoms. The second kappa shape index (κ2) is 6.40. The maximum Gasteiger partial charge on any atom is 0.400 e. The van der Waals surface area contributed by atoms with Crippen molar-refractivity contribution in [2.45, 2.75) is 38.5 Å². The summed E-state index contributed by atoms with van der Waals surface area (Å²) in [4.78, 5) is 21.7.